The molecule has 1 aromatic carbocycles. The molecule has 0 aliphatic carbocycles. The normalized spacial score (nSPS) is 14.4. The van der Waals surface area contributed by atoms with Gasteiger partial charge in [0.1, 0.15) is 5.52 Å². The van der Waals surface area contributed by atoms with Crippen molar-refractivity contribution in [2.24, 2.45) is 0 Å². The van der Waals surface area contributed by atoms with Crippen molar-refractivity contribution in [1.29, 1.82) is 0 Å². The van der Waals surface area contributed by atoms with Crippen LogP contribution < -0.4 is 5.56 Å². The van der Waals surface area contributed by atoms with Gasteiger partial charge in [0.15, 0.2) is 5.82 Å². The first-order valence-electron chi connectivity index (χ1n) is 4.51. The van der Waals surface area contributed by atoms with Gasteiger partial charge < -0.3 is 4.74 Å². The Morgan fingerprint density at radius 3 is 2.94 bits per heavy atom. The lowest BCUT2D eigenvalue weighted by molar-refractivity contribution is 0.134. The summed E-state index contributed by atoms with van der Waals surface area (Å²) in [6.07, 6.45) is 0. The molecule has 3 rings (SSSR count). The second-order valence-corrected chi connectivity index (χ2v) is 4.24. The molecule has 2 aromatic rings. The van der Waals surface area contributed by atoms with E-state index in [1.54, 1.807) is 0 Å². The van der Waals surface area contributed by atoms with E-state index in [0.717, 1.165) is 0 Å². The lowest BCUT2D eigenvalue weighted by Gasteiger charge is -2.05. The van der Waals surface area contributed by atoms with Crippen LogP contribution in [0.1, 0.15) is 11.1 Å². The van der Waals surface area contributed by atoms with Crippen molar-refractivity contribution in [3.63, 3.8) is 0 Å². The number of rotatable bonds is 0. The second kappa shape index (κ2) is 3.33. The molecular weight excluding hydrogens is 281 g/mol. The number of hydrogen-bond acceptors (Lipinski definition) is 4. The first-order valence-corrected chi connectivity index (χ1v) is 5.31. The molecule has 0 radical (unpaired) electrons. The van der Waals surface area contributed by atoms with Crippen molar-refractivity contribution < 1.29 is 9.13 Å². The number of aromatic amines is 1. The molecule has 1 aliphatic rings. The minimum atomic E-state index is -0.571. The first kappa shape index (κ1) is 9.86. The minimum Gasteiger partial charge on any atom is -0.372 e. The lowest BCUT2D eigenvalue weighted by Crippen LogP contribution is -2.13. The Kier molecular flexibility index (Phi) is 2.05. The van der Waals surface area contributed by atoms with Gasteiger partial charge in [0.2, 0.25) is 0 Å². The number of hydrogen-bond donors (Lipinski definition) is 1. The van der Waals surface area contributed by atoms with E-state index in [0.29, 0.717) is 28.8 Å². The molecule has 0 fully saturated rings. The molecule has 5 nitrogen and oxygen atoms in total. The number of ether oxygens (including phenoxy) is 1. The summed E-state index contributed by atoms with van der Waals surface area (Å²) in [5.74, 6) is -0.571. The number of aromatic nitrogens is 3. The summed E-state index contributed by atoms with van der Waals surface area (Å²) in [6, 6.07) is 0. The number of benzene rings is 1. The second-order valence-electron chi connectivity index (χ2n) is 3.44. The predicted molar refractivity (Wildman–Crippen MR) is 56.3 cm³/mol. The third kappa shape index (κ3) is 1.15. The van der Waals surface area contributed by atoms with E-state index >= 15 is 0 Å². The van der Waals surface area contributed by atoms with Crippen LogP contribution in [-0.4, -0.2) is 15.4 Å². The molecule has 0 saturated carbocycles. The van der Waals surface area contributed by atoms with Crippen LogP contribution in [0.25, 0.3) is 10.9 Å². The fourth-order valence-corrected chi connectivity index (χ4v) is 2.39. The molecular formula is C9H5BrFN3O2. The highest BCUT2D eigenvalue weighted by Gasteiger charge is 2.24. The van der Waals surface area contributed by atoms with E-state index in [-0.39, 0.29) is 10.9 Å². The Hall–Kier alpha value is -1.34. The fraction of sp³-hybridized carbons (Fsp3) is 0.222. The highest BCUT2D eigenvalue weighted by Crippen LogP contribution is 2.34. The molecule has 0 saturated heterocycles. The summed E-state index contributed by atoms with van der Waals surface area (Å²) < 4.78 is 19.4. The van der Waals surface area contributed by atoms with Crippen molar-refractivity contribution in [3.05, 3.63) is 31.8 Å². The van der Waals surface area contributed by atoms with Crippen molar-refractivity contribution in [2.75, 3.05) is 0 Å². The van der Waals surface area contributed by atoms with E-state index in [2.05, 4.69) is 31.3 Å². The summed E-state index contributed by atoms with van der Waals surface area (Å²) in [5, 5.41) is 9.39. The van der Waals surface area contributed by atoms with Gasteiger partial charge in [0, 0.05) is 5.56 Å². The van der Waals surface area contributed by atoms with Gasteiger partial charge in [0.25, 0.3) is 5.56 Å². The van der Waals surface area contributed by atoms with Crippen molar-refractivity contribution in [3.8, 4) is 0 Å². The number of halogens is 2. The van der Waals surface area contributed by atoms with E-state index < -0.39 is 11.4 Å². The van der Waals surface area contributed by atoms with Gasteiger partial charge in [-0.2, -0.15) is 0 Å². The Bertz CT molecular complexity index is 655. The quantitative estimate of drug-likeness (QED) is 0.791. The molecule has 0 spiro atoms. The van der Waals surface area contributed by atoms with Crippen LogP contribution in [-0.2, 0) is 18.0 Å². The summed E-state index contributed by atoms with van der Waals surface area (Å²) in [4.78, 5) is 11.6. The third-order valence-electron chi connectivity index (χ3n) is 2.59. The van der Waals surface area contributed by atoms with Crippen molar-refractivity contribution in [2.45, 2.75) is 13.2 Å². The third-order valence-corrected chi connectivity index (χ3v) is 3.42. The number of fused-ring (bicyclic) bond motifs is 3. The van der Waals surface area contributed by atoms with Crippen molar-refractivity contribution >= 4 is 26.8 Å². The van der Waals surface area contributed by atoms with Gasteiger partial charge in [-0.05, 0) is 21.5 Å². The van der Waals surface area contributed by atoms with Crippen LogP contribution in [0.5, 0.6) is 0 Å². The average Bonchev–Trinajstić information content (AvgIpc) is 2.74. The highest BCUT2D eigenvalue weighted by atomic mass is 79.9. The molecule has 0 amide bonds. The number of nitrogens with zero attached hydrogens (tertiary/aromatic N) is 2. The van der Waals surface area contributed by atoms with Gasteiger partial charge >= 0.3 is 0 Å². The summed E-state index contributed by atoms with van der Waals surface area (Å²) in [5.41, 5.74) is 0.876. The lowest BCUT2D eigenvalue weighted by atomic mass is 10.1. The Morgan fingerprint density at radius 1 is 1.38 bits per heavy atom. The Balaban J connectivity index is 2.61. The number of H-pyrrole nitrogens is 1. The average molecular weight is 286 g/mol. The zero-order valence-electron chi connectivity index (χ0n) is 7.88. The first-order chi connectivity index (χ1) is 7.70. The van der Waals surface area contributed by atoms with Crippen LogP contribution in [0.4, 0.5) is 4.39 Å². The van der Waals surface area contributed by atoms with E-state index in [1.165, 1.54) is 0 Å². The summed E-state index contributed by atoms with van der Waals surface area (Å²) in [7, 11) is 0. The topological polar surface area (TPSA) is 67.9 Å². The Labute approximate surface area is 96.7 Å². The monoisotopic (exact) mass is 285 g/mol. The standard InChI is InChI=1S/C9H5BrFN3O2/c10-6-4-2-16-1-3(4)5-8(7(6)11)12-14-13-9(5)15/h1-2H2,(H,12,13,15). The predicted octanol–water partition coefficient (Wildman–Crippen LogP) is 1.25. The highest BCUT2D eigenvalue weighted by molar-refractivity contribution is 9.10. The zero-order chi connectivity index (χ0) is 11.3. The molecule has 1 N–H and O–H groups in total. The van der Waals surface area contributed by atoms with Gasteiger partial charge in [-0.15, -0.1) is 5.10 Å². The van der Waals surface area contributed by atoms with Gasteiger partial charge in [-0.3, -0.25) is 4.79 Å². The molecule has 82 valence electrons. The van der Waals surface area contributed by atoms with E-state index in [1.807, 2.05) is 0 Å². The largest absolute Gasteiger partial charge is 0.372 e. The zero-order valence-corrected chi connectivity index (χ0v) is 9.47. The molecule has 0 atom stereocenters. The molecule has 7 heteroatoms. The molecule has 16 heavy (non-hydrogen) atoms. The Morgan fingerprint density at radius 2 is 2.12 bits per heavy atom. The maximum Gasteiger partial charge on any atom is 0.275 e. The molecule has 1 aromatic heterocycles. The van der Waals surface area contributed by atoms with E-state index in [4.69, 9.17) is 4.74 Å². The van der Waals surface area contributed by atoms with Crippen LogP contribution in [0.3, 0.4) is 0 Å². The van der Waals surface area contributed by atoms with Gasteiger partial charge in [-0.1, -0.05) is 5.21 Å². The molecule has 0 unspecified atom stereocenters. The van der Waals surface area contributed by atoms with E-state index in [9.17, 15) is 9.18 Å². The van der Waals surface area contributed by atoms with Crippen molar-refractivity contribution in [1.82, 2.24) is 15.4 Å². The van der Waals surface area contributed by atoms with Gasteiger partial charge in [-0.25, -0.2) is 9.49 Å². The minimum absolute atomic E-state index is 0.0279. The smallest absolute Gasteiger partial charge is 0.275 e. The molecule has 0 bridgehead atoms. The fourth-order valence-electron chi connectivity index (χ4n) is 1.85. The van der Waals surface area contributed by atoms with Crippen LogP contribution in [0.15, 0.2) is 9.27 Å². The molecule has 1 aliphatic heterocycles. The maximum absolute atomic E-state index is 13.9. The van der Waals surface area contributed by atoms with Crippen LogP contribution >= 0.6 is 15.9 Å². The maximum atomic E-state index is 13.9. The number of nitrogens with one attached hydrogen (secondary N) is 1. The van der Waals surface area contributed by atoms with Gasteiger partial charge in [0.05, 0.1) is 23.1 Å². The summed E-state index contributed by atoms with van der Waals surface area (Å²) >= 11 is 3.14. The van der Waals surface area contributed by atoms with Crippen LogP contribution in [0, 0.1) is 5.82 Å². The SMILES string of the molecule is O=c1[nH]nnc2c(F)c(Br)c3c(c12)COC3. The molecule has 2 heterocycles. The summed E-state index contributed by atoms with van der Waals surface area (Å²) in [6.45, 7) is 0.587. The van der Waals surface area contributed by atoms with Crippen LogP contribution in [0.2, 0.25) is 0 Å².